The zero-order valence-electron chi connectivity index (χ0n) is 8.07. The summed E-state index contributed by atoms with van der Waals surface area (Å²) in [5.74, 6) is 0.627. The van der Waals surface area contributed by atoms with Crippen LogP contribution in [0.1, 0.15) is 32.6 Å². The van der Waals surface area contributed by atoms with Gasteiger partial charge in [0.05, 0.1) is 0 Å². The van der Waals surface area contributed by atoms with E-state index in [0.29, 0.717) is 12.0 Å². The van der Waals surface area contributed by atoms with E-state index < -0.39 is 6.10 Å². The molecule has 13 heavy (non-hydrogen) atoms. The molecule has 3 rings (SSSR count). The number of carbonyl (C=O) groups is 1. The van der Waals surface area contributed by atoms with Crippen LogP contribution in [-0.2, 0) is 4.79 Å². The summed E-state index contributed by atoms with van der Waals surface area (Å²) in [7, 11) is 0. The molecule has 0 aromatic carbocycles. The van der Waals surface area contributed by atoms with Crippen LogP contribution >= 0.6 is 0 Å². The molecule has 0 aromatic rings. The third-order valence-electron chi connectivity index (χ3n) is 3.35. The molecule has 1 amide bonds. The minimum absolute atomic E-state index is 0.0746. The van der Waals surface area contributed by atoms with Gasteiger partial charge in [0.15, 0.2) is 0 Å². The van der Waals surface area contributed by atoms with Gasteiger partial charge in [0, 0.05) is 12.6 Å². The van der Waals surface area contributed by atoms with Crippen molar-refractivity contribution in [1.82, 2.24) is 4.90 Å². The molecule has 2 bridgehead atoms. The smallest absolute Gasteiger partial charge is 0.251 e. The standard InChI is InChI=1S/C10H17NO2/c1-7(12)10(13)11-6-8-2-4-9(11)5-3-8/h7-9,12H,2-6H2,1H3/t7-,8?,9?/m0/s1. The molecule has 3 fully saturated rings. The molecule has 3 nitrogen and oxygen atoms in total. The van der Waals surface area contributed by atoms with Crippen LogP contribution in [0.5, 0.6) is 0 Å². The Hall–Kier alpha value is -0.570. The van der Waals surface area contributed by atoms with E-state index in [4.69, 9.17) is 0 Å². The fraction of sp³-hybridized carbons (Fsp3) is 0.900. The molecular formula is C10H17NO2. The lowest BCUT2D eigenvalue weighted by atomic mass is 9.80. The summed E-state index contributed by atoms with van der Waals surface area (Å²) in [6.07, 6.45) is 4.01. The van der Waals surface area contributed by atoms with E-state index >= 15 is 0 Å². The number of aliphatic hydroxyl groups is 1. The van der Waals surface area contributed by atoms with E-state index in [1.54, 1.807) is 6.92 Å². The molecule has 1 saturated carbocycles. The number of amides is 1. The molecule has 1 aliphatic carbocycles. The van der Waals surface area contributed by atoms with Crippen LogP contribution in [0.3, 0.4) is 0 Å². The first kappa shape index (κ1) is 9.00. The topological polar surface area (TPSA) is 40.5 Å². The third-order valence-corrected chi connectivity index (χ3v) is 3.35. The Balaban J connectivity index is 2.04. The number of rotatable bonds is 1. The van der Waals surface area contributed by atoms with Crippen LogP contribution in [0.25, 0.3) is 0 Å². The normalized spacial score (nSPS) is 34.8. The second-order valence-corrected chi connectivity index (χ2v) is 4.34. The van der Waals surface area contributed by atoms with Gasteiger partial charge in [-0.15, -0.1) is 0 Å². The highest BCUT2D eigenvalue weighted by molar-refractivity contribution is 5.80. The van der Waals surface area contributed by atoms with E-state index in [9.17, 15) is 9.90 Å². The molecule has 74 valence electrons. The van der Waals surface area contributed by atoms with Crippen molar-refractivity contribution < 1.29 is 9.90 Å². The molecule has 2 aliphatic heterocycles. The van der Waals surface area contributed by atoms with E-state index in [2.05, 4.69) is 0 Å². The Morgan fingerprint density at radius 3 is 2.38 bits per heavy atom. The largest absolute Gasteiger partial charge is 0.384 e. The summed E-state index contributed by atoms with van der Waals surface area (Å²) < 4.78 is 0. The van der Waals surface area contributed by atoms with Crippen molar-refractivity contribution in [2.75, 3.05) is 6.54 Å². The first-order valence-electron chi connectivity index (χ1n) is 5.17. The highest BCUT2D eigenvalue weighted by Gasteiger charge is 2.37. The number of nitrogens with zero attached hydrogens (tertiary/aromatic N) is 1. The van der Waals surface area contributed by atoms with Gasteiger partial charge in [-0.3, -0.25) is 4.79 Å². The maximum absolute atomic E-state index is 11.6. The van der Waals surface area contributed by atoms with Crippen molar-refractivity contribution in [2.24, 2.45) is 5.92 Å². The quantitative estimate of drug-likeness (QED) is 0.652. The van der Waals surface area contributed by atoms with Crippen LogP contribution < -0.4 is 0 Å². The lowest BCUT2D eigenvalue weighted by molar-refractivity contribution is -0.146. The Morgan fingerprint density at radius 1 is 1.38 bits per heavy atom. The fourth-order valence-electron chi connectivity index (χ4n) is 2.58. The Morgan fingerprint density at radius 2 is 2.00 bits per heavy atom. The molecule has 0 aromatic heterocycles. The molecule has 1 atom stereocenters. The summed E-state index contributed by atoms with van der Waals surface area (Å²) in [5.41, 5.74) is 0. The lowest BCUT2D eigenvalue weighted by Gasteiger charge is -2.45. The molecule has 2 heterocycles. The zero-order chi connectivity index (χ0) is 9.42. The van der Waals surface area contributed by atoms with Gasteiger partial charge in [-0.1, -0.05) is 0 Å². The first-order chi connectivity index (χ1) is 6.18. The average molecular weight is 183 g/mol. The van der Waals surface area contributed by atoms with Gasteiger partial charge in [0.1, 0.15) is 6.10 Å². The Labute approximate surface area is 78.7 Å². The Kier molecular flexibility index (Phi) is 2.28. The molecule has 0 spiro atoms. The molecule has 2 saturated heterocycles. The van der Waals surface area contributed by atoms with Crippen molar-refractivity contribution in [3.8, 4) is 0 Å². The van der Waals surface area contributed by atoms with Crippen molar-refractivity contribution in [3.63, 3.8) is 0 Å². The van der Waals surface area contributed by atoms with Crippen LogP contribution in [0.2, 0.25) is 0 Å². The Bertz CT molecular complexity index is 207. The second kappa shape index (κ2) is 3.29. The number of aliphatic hydroxyl groups excluding tert-OH is 1. The van der Waals surface area contributed by atoms with Crippen LogP contribution in [0, 0.1) is 5.92 Å². The first-order valence-corrected chi connectivity index (χ1v) is 5.17. The van der Waals surface area contributed by atoms with Gasteiger partial charge >= 0.3 is 0 Å². The van der Waals surface area contributed by atoms with Crippen LogP contribution in [0.15, 0.2) is 0 Å². The van der Waals surface area contributed by atoms with Crippen LogP contribution in [-0.4, -0.2) is 34.6 Å². The SMILES string of the molecule is C[C@H](O)C(=O)N1CC2CCC1CC2. The van der Waals surface area contributed by atoms with E-state index in [-0.39, 0.29) is 5.91 Å². The highest BCUT2D eigenvalue weighted by atomic mass is 16.3. The summed E-state index contributed by atoms with van der Waals surface area (Å²) in [6.45, 7) is 2.44. The van der Waals surface area contributed by atoms with Gasteiger partial charge in [-0.25, -0.2) is 0 Å². The number of fused-ring (bicyclic) bond motifs is 3. The van der Waals surface area contributed by atoms with Crippen LogP contribution in [0.4, 0.5) is 0 Å². The van der Waals surface area contributed by atoms with E-state index in [1.807, 2.05) is 4.90 Å². The van der Waals surface area contributed by atoms with Gasteiger partial charge in [-0.2, -0.15) is 0 Å². The number of hydrogen-bond donors (Lipinski definition) is 1. The maximum Gasteiger partial charge on any atom is 0.251 e. The number of hydrogen-bond acceptors (Lipinski definition) is 2. The molecule has 1 N–H and O–H groups in total. The minimum Gasteiger partial charge on any atom is -0.384 e. The summed E-state index contributed by atoms with van der Waals surface area (Å²) in [6, 6.07) is 0.423. The molecular weight excluding hydrogens is 166 g/mol. The third kappa shape index (κ3) is 1.57. The monoisotopic (exact) mass is 183 g/mol. The zero-order valence-corrected chi connectivity index (χ0v) is 8.07. The average Bonchev–Trinajstić information content (AvgIpc) is 2.18. The number of piperidine rings is 2. The summed E-state index contributed by atoms with van der Waals surface area (Å²) in [4.78, 5) is 13.5. The summed E-state index contributed by atoms with van der Waals surface area (Å²) >= 11 is 0. The van der Waals surface area contributed by atoms with Crippen molar-refractivity contribution in [3.05, 3.63) is 0 Å². The molecule has 0 unspecified atom stereocenters. The minimum atomic E-state index is -0.820. The van der Waals surface area contributed by atoms with E-state index in [0.717, 1.165) is 19.4 Å². The van der Waals surface area contributed by atoms with Gasteiger partial charge < -0.3 is 10.0 Å². The van der Waals surface area contributed by atoms with E-state index in [1.165, 1.54) is 12.8 Å². The number of carbonyl (C=O) groups excluding carboxylic acids is 1. The molecule has 3 heteroatoms. The van der Waals surface area contributed by atoms with Crippen molar-refractivity contribution >= 4 is 5.91 Å². The van der Waals surface area contributed by atoms with Crippen molar-refractivity contribution in [2.45, 2.75) is 44.8 Å². The van der Waals surface area contributed by atoms with Gasteiger partial charge in [0.25, 0.3) is 5.91 Å². The summed E-state index contributed by atoms with van der Waals surface area (Å²) in [5, 5.41) is 9.21. The van der Waals surface area contributed by atoms with Crippen molar-refractivity contribution in [1.29, 1.82) is 0 Å². The lowest BCUT2D eigenvalue weighted by Crippen LogP contribution is -2.53. The molecule has 0 radical (unpaired) electrons. The van der Waals surface area contributed by atoms with Gasteiger partial charge in [-0.05, 0) is 38.5 Å². The fourth-order valence-corrected chi connectivity index (χ4v) is 2.58. The highest BCUT2D eigenvalue weighted by Crippen LogP contribution is 2.34. The predicted molar refractivity (Wildman–Crippen MR) is 49.1 cm³/mol. The van der Waals surface area contributed by atoms with Gasteiger partial charge in [0.2, 0.25) is 0 Å². The predicted octanol–water partition coefficient (Wildman–Crippen LogP) is 0.768. The second-order valence-electron chi connectivity index (χ2n) is 4.34. The maximum atomic E-state index is 11.6. The molecule has 3 aliphatic rings.